The predicted molar refractivity (Wildman–Crippen MR) is 208 cm³/mol. The van der Waals surface area contributed by atoms with Crippen LogP contribution in [0.1, 0.15) is 129 Å². The molecule has 290 valence electrons. The van der Waals surface area contributed by atoms with Gasteiger partial charge in [0.1, 0.15) is 12.6 Å². The van der Waals surface area contributed by atoms with Crippen molar-refractivity contribution in [1.82, 2.24) is 0 Å². The van der Waals surface area contributed by atoms with Crippen molar-refractivity contribution >= 4 is 17.9 Å². The van der Waals surface area contributed by atoms with Gasteiger partial charge in [-0.2, -0.15) is 0 Å². The molecular weight excluding hydrogens is 642 g/mol. The van der Waals surface area contributed by atoms with Crippen molar-refractivity contribution in [3.05, 3.63) is 72.9 Å². The molecule has 0 aliphatic rings. The molecule has 0 aromatic rings. The van der Waals surface area contributed by atoms with Crippen molar-refractivity contribution in [2.24, 2.45) is 0 Å². The second-order valence-electron chi connectivity index (χ2n) is 13.9. The number of hydrogen-bond acceptors (Lipinski definition) is 7. The van der Waals surface area contributed by atoms with Crippen LogP contribution in [0.3, 0.4) is 0 Å². The number of allylic oxidation sites excluding steroid dienone is 12. The SMILES string of the molecule is CCC/C=C/C=C/C=C/C=C/C=C/CCCCCCCC(=O)OCC(COCCC(C(=O)[O-])[N+](C)(C)C)OC(=O)CCC/C=C/CCCCCC. The lowest BCUT2D eigenvalue weighted by Gasteiger charge is -2.34. The summed E-state index contributed by atoms with van der Waals surface area (Å²) in [4.78, 5) is 36.6. The molecule has 0 fully saturated rings. The van der Waals surface area contributed by atoms with E-state index in [1.807, 2.05) is 36.5 Å². The quantitative estimate of drug-likeness (QED) is 0.0221. The monoisotopic (exact) mass is 714 g/mol. The Kier molecular flexibility index (Phi) is 31.7. The first-order valence-corrected chi connectivity index (χ1v) is 19.5. The molecule has 2 unspecified atom stereocenters. The maximum Gasteiger partial charge on any atom is 0.306 e. The van der Waals surface area contributed by atoms with Crippen LogP contribution in [0.25, 0.3) is 0 Å². The molecule has 0 heterocycles. The highest BCUT2D eigenvalue weighted by Crippen LogP contribution is 2.11. The van der Waals surface area contributed by atoms with E-state index in [1.54, 1.807) is 21.1 Å². The lowest BCUT2D eigenvalue weighted by molar-refractivity contribution is -0.889. The molecule has 2 atom stereocenters. The van der Waals surface area contributed by atoms with Gasteiger partial charge in [0.2, 0.25) is 0 Å². The number of carbonyl (C=O) groups is 3. The van der Waals surface area contributed by atoms with Crippen molar-refractivity contribution in [2.75, 3.05) is 41.0 Å². The number of unbranched alkanes of at least 4 members (excludes halogenated alkanes) is 11. The molecule has 8 nitrogen and oxygen atoms in total. The van der Waals surface area contributed by atoms with Crippen LogP contribution in [0.15, 0.2) is 72.9 Å². The molecule has 0 saturated heterocycles. The highest BCUT2D eigenvalue weighted by molar-refractivity contribution is 5.70. The summed E-state index contributed by atoms with van der Waals surface area (Å²) in [6.07, 6.45) is 40.8. The van der Waals surface area contributed by atoms with E-state index >= 15 is 0 Å². The normalized spacial score (nSPS) is 13.8. The summed E-state index contributed by atoms with van der Waals surface area (Å²) in [6.45, 7) is 4.45. The van der Waals surface area contributed by atoms with E-state index in [4.69, 9.17) is 14.2 Å². The fraction of sp³-hybridized carbons (Fsp3) is 0.651. The maximum absolute atomic E-state index is 12.6. The number of carboxylic acids is 1. The number of hydrogen-bond donors (Lipinski definition) is 0. The van der Waals surface area contributed by atoms with Gasteiger partial charge in [-0.15, -0.1) is 0 Å². The van der Waals surface area contributed by atoms with Crippen molar-refractivity contribution < 1.29 is 38.2 Å². The smallest absolute Gasteiger partial charge is 0.306 e. The molecule has 0 saturated carbocycles. The molecule has 0 radical (unpaired) electrons. The van der Waals surface area contributed by atoms with Gasteiger partial charge in [-0.05, 0) is 51.4 Å². The number of carboxylic acid groups (broad SMARTS) is 1. The van der Waals surface area contributed by atoms with Gasteiger partial charge in [-0.1, -0.05) is 132 Å². The van der Waals surface area contributed by atoms with Crippen LogP contribution >= 0.6 is 0 Å². The number of quaternary nitrogens is 1. The Hall–Kier alpha value is -3.23. The molecule has 0 N–H and O–H groups in total. The molecule has 0 aliphatic carbocycles. The minimum Gasteiger partial charge on any atom is -0.544 e. The summed E-state index contributed by atoms with van der Waals surface area (Å²) >= 11 is 0. The van der Waals surface area contributed by atoms with Crippen LogP contribution in [-0.4, -0.2) is 75.5 Å². The fourth-order valence-electron chi connectivity index (χ4n) is 5.10. The number of likely N-dealkylation sites (N-methyl/N-ethyl adjacent to an activating group) is 1. The minimum atomic E-state index is -1.14. The molecule has 8 heteroatoms. The van der Waals surface area contributed by atoms with Crippen LogP contribution in [0.4, 0.5) is 0 Å². The Labute approximate surface area is 311 Å². The second kappa shape index (κ2) is 33.9. The number of ether oxygens (including phenoxy) is 3. The summed E-state index contributed by atoms with van der Waals surface area (Å²) in [5.41, 5.74) is 0. The number of nitrogens with zero attached hydrogens (tertiary/aromatic N) is 1. The molecule has 0 spiro atoms. The van der Waals surface area contributed by atoms with E-state index in [0.29, 0.717) is 12.8 Å². The number of rotatable bonds is 33. The minimum absolute atomic E-state index is 0.0168. The topological polar surface area (TPSA) is 102 Å². The van der Waals surface area contributed by atoms with Gasteiger partial charge in [-0.25, -0.2) is 0 Å². The summed E-state index contributed by atoms with van der Waals surface area (Å²) in [5, 5.41) is 11.6. The van der Waals surface area contributed by atoms with E-state index in [2.05, 4.69) is 50.3 Å². The molecule has 51 heavy (non-hydrogen) atoms. The zero-order valence-corrected chi connectivity index (χ0v) is 32.7. The van der Waals surface area contributed by atoms with Gasteiger partial charge in [0.15, 0.2) is 6.10 Å². The Morgan fingerprint density at radius 1 is 0.588 bits per heavy atom. The second-order valence-corrected chi connectivity index (χ2v) is 13.9. The number of carbonyl (C=O) groups excluding carboxylic acids is 3. The van der Waals surface area contributed by atoms with E-state index in [1.165, 1.54) is 32.1 Å². The van der Waals surface area contributed by atoms with E-state index in [9.17, 15) is 19.5 Å². The molecule has 0 bridgehead atoms. The van der Waals surface area contributed by atoms with Crippen LogP contribution < -0.4 is 5.11 Å². The fourth-order valence-corrected chi connectivity index (χ4v) is 5.10. The largest absolute Gasteiger partial charge is 0.544 e. The Morgan fingerprint density at radius 3 is 1.73 bits per heavy atom. The third-order valence-corrected chi connectivity index (χ3v) is 8.17. The van der Waals surface area contributed by atoms with Crippen molar-refractivity contribution in [2.45, 2.75) is 142 Å². The van der Waals surface area contributed by atoms with Crippen LogP contribution in [-0.2, 0) is 28.6 Å². The Bertz CT molecular complexity index is 1060. The maximum atomic E-state index is 12.6. The summed E-state index contributed by atoms with van der Waals surface area (Å²) < 4.78 is 17.0. The van der Waals surface area contributed by atoms with E-state index in [-0.39, 0.29) is 49.1 Å². The number of aliphatic carboxylic acids is 1. The van der Waals surface area contributed by atoms with Gasteiger partial charge in [-0.3, -0.25) is 9.59 Å². The third kappa shape index (κ3) is 32.4. The zero-order valence-electron chi connectivity index (χ0n) is 32.7. The zero-order chi connectivity index (χ0) is 37.8. The van der Waals surface area contributed by atoms with Gasteiger partial charge in [0.25, 0.3) is 0 Å². The highest BCUT2D eigenvalue weighted by atomic mass is 16.6. The summed E-state index contributed by atoms with van der Waals surface area (Å²) in [6, 6.07) is -0.736. The first-order chi connectivity index (χ1) is 24.6. The first-order valence-electron chi connectivity index (χ1n) is 19.5. The predicted octanol–water partition coefficient (Wildman–Crippen LogP) is 8.68. The first kappa shape index (κ1) is 47.8. The van der Waals surface area contributed by atoms with Crippen molar-refractivity contribution in [3.63, 3.8) is 0 Å². The molecule has 0 amide bonds. The highest BCUT2D eigenvalue weighted by Gasteiger charge is 2.25. The van der Waals surface area contributed by atoms with E-state index in [0.717, 1.165) is 57.8 Å². The van der Waals surface area contributed by atoms with Crippen molar-refractivity contribution in [3.8, 4) is 0 Å². The lowest BCUT2D eigenvalue weighted by Crippen LogP contribution is -2.55. The van der Waals surface area contributed by atoms with Gasteiger partial charge in [0.05, 0.1) is 40.3 Å². The van der Waals surface area contributed by atoms with Crippen LogP contribution in [0, 0.1) is 0 Å². The number of esters is 2. The molecule has 0 aromatic heterocycles. The van der Waals surface area contributed by atoms with Crippen LogP contribution in [0.5, 0.6) is 0 Å². The van der Waals surface area contributed by atoms with Gasteiger partial charge < -0.3 is 28.6 Å². The average Bonchev–Trinajstić information content (AvgIpc) is 3.08. The summed E-state index contributed by atoms with van der Waals surface area (Å²) in [7, 11) is 5.37. The third-order valence-electron chi connectivity index (χ3n) is 8.17. The average molecular weight is 714 g/mol. The molecule has 0 aromatic carbocycles. The van der Waals surface area contributed by atoms with Crippen LogP contribution in [0.2, 0.25) is 0 Å². The molecular formula is C43H71NO7. The Morgan fingerprint density at radius 2 is 1.12 bits per heavy atom. The van der Waals surface area contributed by atoms with Gasteiger partial charge in [0, 0.05) is 19.3 Å². The molecule has 0 rings (SSSR count). The van der Waals surface area contributed by atoms with E-state index < -0.39 is 18.1 Å². The standard InChI is InChI=1S/C43H71NO7/c1-6-8-10-12-14-16-17-18-19-20-21-22-23-24-26-27-29-31-33-41(45)50-38-39(37-49-36-35-40(43(47)48)44(3,4)5)51-42(46)34-32-30-28-25-15-13-11-9-7-2/h10,12,14,16-22,25,28,39-40H,6-9,11,13,15,23-24,26-27,29-38H2,1-5H3/b12-10+,16-14+,18-17+,20-19+,22-21+,28-25+. The van der Waals surface area contributed by atoms with Gasteiger partial charge >= 0.3 is 11.9 Å². The summed E-state index contributed by atoms with van der Waals surface area (Å²) in [5.74, 6) is -1.83. The van der Waals surface area contributed by atoms with Crippen molar-refractivity contribution in [1.29, 1.82) is 0 Å². The lowest BCUT2D eigenvalue weighted by atomic mass is 10.1. The molecule has 0 aliphatic heterocycles. The Balaban J connectivity index is 4.46.